The van der Waals surface area contributed by atoms with Gasteiger partial charge in [0.1, 0.15) is 54.7 Å². The van der Waals surface area contributed by atoms with Crippen molar-refractivity contribution in [1.82, 2.24) is 35.9 Å². The zero-order chi connectivity index (χ0) is 62.6. The van der Waals surface area contributed by atoms with Crippen molar-refractivity contribution in [3.63, 3.8) is 0 Å². The molecule has 2 aromatic heterocycles. The number of amides is 3. The molecular weight excluding hydrogens is 1180 g/mol. The third-order valence-electron chi connectivity index (χ3n) is 12.0. The molecule has 30 nitrogen and oxygen atoms in total. The molecule has 4 rings (SSSR count). The number of carbonyl (C=O) groups excluding carboxylic acids is 3. The van der Waals surface area contributed by atoms with E-state index in [1.165, 1.54) is 0 Å². The van der Waals surface area contributed by atoms with Crippen molar-refractivity contribution < 1.29 is 128 Å². The van der Waals surface area contributed by atoms with Gasteiger partial charge in [0, 0.05) is 25.9 Å². The van der Waals surface area contributed by atoms with E-state index in [0.29, 0.717) is 12.4 Å². The second-order valence-electron chi connectivity index (χ2n) is 18.8. The highest BCUT2D eigenvalue weighted by atomic mass is 19.4. The number of carboxylic acid groups (broad SMARTS) is 1. The molecule has 86 heavy (non-hydrogen) atoms. The van der Waals surface area contributed by atoms with Crippen molar-refractivity contribution in [2.24, 2.45) is 0 Å². The van der Waals surface area contributed by atoms with E-state index in [0.717, 1.165) is 12.4 Å². The van der Waals surface area contributed by atoms with Crippen molar-refractivity contribution in [1.29, 1.82) is 0 Å². The molecule has 0 saturated carbocycles. The number of anilines is 2. The summed E-state index contributed by atoms with van der Waals surface area (Å²) in [6.07, 6.45) is -14.4. The summed E-state index contributed by atoms with van der Waals surface area (Å²) in [5.41, 5.74) is -2.43. The number of halogens is 6. The van der Waals surface area contributed by atoms with Crippen molar-refractivity contribution in [3.8, 4) is 0 Å². The largest absolute Gasteiger partial charge is 0.481 e. The Morgan fingerprint density at radius 2 is 0.860 bits per heavy atom. The second-order valence-corrected chi connectivity index (χ2v) is 18.8. The number of aliphatic hydroxyl groups is 4. The van der Waals surface area contributed by atoms with Crippen LogP contribution in [0.25, 0.3) is 0 Å². The molecule has 2 fully saturated rings. The molecule has 4 heterocycles. The second kappa shape index (κ2) is 40.9. The maximum absolute atomic E-state index is 12.9. The number of carbonyl (C=O) groups is 4. The lowest BCUT2D eigenvalue weighted by atomic mass is 9.98. The third-order valence-corrected chi connectivity index (χ3v) is 12.0. The van der Waals surface area contributed by atoms with Gasteiger partial charge in [-0.05, 0) is 0 Å². The Kier molecular flexibility index (Phi) is 34.8. The first-order chi connectivity index (χ1) is 41.2. The molecule has 3 amide bonds. The van der Waals surface area contributed by atoms with E-state index in [1.54, 1.807) is 0 Å². The van der Waals surface area contributed by atoms with Crippen molar-refractivity contribution in [2.45, 2.75) is 86.4 Å². The van der Waals surface area contributed by atoms with Gasteiger partial charge >= 0.3 is 18.3 Å². The van der Waals surface area contributed by atoms with Crippen LogP contribution in [0.4, 0.5) is 38.0 Å². The minimum Gasteiger partial charge on any atom is -0.481 e. The Morgan fingerprint density at radius 1 is 0.500 bits per heavy atom. The maximum atomic E-state index is 12.9. The van der Waals surface area contributed by atoms with Crippen LogP contribution in [0.5, 0.6) is 0 Å². The number of nitrogens with one attached hydrogen (secondary N) is 5. The lowest BCUT2D eigenvalue weighted by Gasteiger charge is -2.38. The molecule has 2 saturated heterocycles. The van der Waals surface area contributed by atoms with E-state index in [2.05, 4.69) is 46.5 Å². The molecule has 2 aliphatic heterocycles. The number of hydrogen-bond acceptors (Lipinski definition) is 26. The van der Waals surface area contributed by atoms with Crippen molar-refractivity contribution in [2.75, 3.05) is 169 Å². The molecule has 36 heteroatoms. The first kappa shape index (κ1) is 73.1. The number of rotatable bonds is 45. The fraction of sp³-hybridized carbons (Fsp3) is 0.760. The molecule has 0 bridgehead atoms. The highest BCUT2D eigenvalue weighted by molar-refractivity contribution is 5.93. The number of alkyl halides is 6. The molecule has 0 aliphatic carbocycles. The molecule has 0 aromatic carbocycles. The molecule has 9 atom stereocenters. The average molecular weight is 1250 g/mol. The van der Waals surface area contributed by atoms with E-state index < -0.39 is 96.8 Å². The summed E-state index contributed by atoms with van der Waals surface area (Å²) in [7, 11) is 0. The van der Waals surface area contributed by atoms with E-state index in [-0.39, 0.29) is 195 Å². The summed E-state index contributed by atoms with van der Waals surface area (Å²) < 4.78 is 143. The van der Waals surface area contributed by atoms with Gasteiger partial charge in [0.05, 0.1) is 188 Å². The monoisotopic (exact) mass is 1250 g/mol. The topological polar surface area (TPSA) is 392 Å². The minimum atomic E-state index is -4.71. The number of aliphatic hydroxyl groups excluding tert-OH is 4. The Labute approximate surface area is 489 Å². The molecule has 0 spiro atoms. The Hall–Kier alpha value is -5.42. The smallest absolute Gasteiger partial charge is 0.434 e. The number of aromatic nitrogens is 4. The van der Waals surface area contributed by atoms with Gasteiger partial charge in [0.2, 0.25) is 17.7 Å². The number of nitrogens with zero attached hydrogens (tertiary/aromatic N) is 4. The van der Waals surface area contributed by atoms with Gasteiger partial charge in [-0.25, -0.2) is 9.97 Å². The SMILES string of the molecule is O=C(O)CC(=O)NC(COCCC(=O)NCCOCCOCCOCCOCC1OC[C@H](Nc2cncc(C(F)(F)F)n2)[C@@H](O)[C@H]1O)COCCC(=O)NCCOCCOCCOCCOC[C@H]1OC[C@H](Nc2cncc(C(F)(F)F)n2)[C@@H](O)[C@H]1O. The molecule has 490 valence electrons. The first-order valence-electron chi connectivity index (χ1n) is 27.3. The highest BCUT2D eigenvalue weighted by Crippen LogP contribution is 2.29. The van der Waals surface area contributed by atoms with Gasteiger partial charge in [0.25, 0.3) is 0 Å². The summed E-state index contributed by atoms with van der Waals surface area (Å²) in [5.74, 6) is -3.27. The van der Waals surface area contributed by atoms with Gasteiger partial charge in [-0.2, -0.15) is 26.3 Å². The summed E-state index contributed by atoms with van der Waals surface area (Å²) in [6.45, 7) is 2.71. The van der Waals surface area contributed by atoms with Crippen LogP contribution in [0.2, 0.25) is 0 Å². The van der Waals surface area contributed by atoms with E-state index in [9.17, 15) is 65.9 Å². The Balaban J connectivity index is 0.895. The highest BCUT2D eigenvalue weighted by Gasteiger charge is 2.41. The van der Waals surface area contributed by atoms with Crippen LogP contribution in [-0.2, 0) is 88.4 Å². The van der Waals surface area contributed by atoms with Gasteiger partial charge in [-0.3, -0.25) is 29.1 Å². The quantitative estimate of drug-likeness (QED) is 0.0194. The zero-order valence-electron chi connectivity index (χ0n) is 46.9. The lowest BCUT2D eigenvalue weighted by molar-refractivity contribution is -0.161. The number of hydrogen-bond donors (Lipinski definition) is 10. The first-order valence-corrected chi connectivity index (χ1v) is 27.3. The van der Waals surface area contributed by atoms with E-state index in [4.69, 9.17) is 61.9 Å². The Bertz CT molecular complexity index is 2110. The zero-order valence-corrected chi connectivity index (χ0v) is 46.9. The van der Waals surface area contributed by atoms with Crippen LogP contribution in [0.15, 0.2) is 24.8 Å². The van der Waals surface area contributed by atoms with Gasteiger partial charge in [0.15, 0.2) is 11.4 Å². The van der Waals surface area contributed by atoms with Crippen LogP contribution in [0, 0.1) is 0 Å². The standard InChI is InChI=1S/C50H77F6N9O21/c51-49(52,53)37-22-57-24-39(64-37)62-33-28-85-35(47(73)45(33)71)30-83-19-17-79-15-13-77-11-9-75-7-3-59-41(66)1-5-81-26-32(61-43(68)21-44(69)70)27-82-6-2-42(67)60-4-8-76-10-12-78-14-16-80-18-20-84-31-36-48(74)46(72)34(29-86-36)63-40-25-58-23-38(65-40)50(54,55)56/h22-25,32-36,45-48,71-74H,1-21,26-31H2,(H,59,66)(H,60,67)(H,61,68)(H,62,64)(H,63,65)(H,69,70)/t32?,33-,34-,35+,36?,45+,46+,47-,48-/m0/s1. The summed E-state index contributed by atoms with van der Waals surface area (Å²) in [4.78, 5) is 61.6. The number of carboxylic acids is 1. The molecule has 2 unspecified atom stereocenters. The third kappa shape index (κ3) is 30.5. The van der Waals surface area contributed by atoms with Crippen LogP contribution in [0.1, 0.15) is 30.7 Å². The van der Waals surface area contributed by atoms with Gasteiger partial charge < -0.3 is 109 Å². The van der Waals surface area contributed by atoms with Crippen LogP contribution >= 0.6 is 0 Å². The van der Waals surface area contributed by atoms with E-state index in [1.807, 2.05) is 0 Å². The molecule has 2 aliphatic rings. The fourth-order valence-electron chi connectivity index (χ4n) is 7.59. The van der Waals surface area contributed by atoms with Crippen LogP contribution in [0.3, 0.4) is 0 Å². The summed E-state index contributed by atoms with van der Waals surface area (Å²) in [6, 6.07) is -2.68. The van der Waals surface area contributed by atoms with Crippen LogP contribution < -0.4 is 26.6 Å². The van der Waals surface area contributed by atoms with E-state index >= 15 is 0 Å². The molecule has 10 N–H and O–H groups in total. The molecule has 2 aromatic rings. The predicted octanol–water partition coefficient (Wildman–Crippen LogP) is -2.06. The fourth-order valence-corrected chi connectivity index (χ4v) is 7.59. The average Bonchev–Trinajstić information content (AvgIpc) is 1.89. The van der Waals surface area contributed by atoms with Crippen molar-refractivity contribution >= 4 is 35.3 Å². The number of ether oxygens (including phenoxy) is 12. The van der Waals surface area contributed by atoms with Crippen LogP contribution in [-0.4, -0.2) is 282 Å². The Morgan fingerprint density at radius 3 is 1.22 bits per heavy atom. The molecular formula is C50H77F6N9O21. The lowest BCUT2D eigenvalue weighted by Crippen LogP contribution is -2.57. The van der Waals surface area contributed by atoms with Gasteiger partial charge in [-0.15, -0.1) is 0 Å². The summed E-state index contributed by atoms with van der Waals surface area (Å²) in [5, 5.41) is 63.9. The summed E-state index contributed by atoms with van der Waals surface area (Å²) >= 11 is 0. The minimum absolute atomic E-state index is 0.0263. The van der Waals surface area contributed by atoms with Crippen molar-refractivity contribution in [3.05, 3.63) is 36.2 Å². The molecule has 0 radical (unpaired) electrons. The number of aliphatic carboxylic acids is 1. The van der Waals surface area contributed by atoms with Gasteiger partial charge in [-0.1, -0.05) is 0 Å². The maximum Gasteiger partial charge on any atom is 0.434 e. The normalized spacial score (nSPS) is 21.1. The predicted molar refractivity (Wildman–Crippen MR) is 280 cm³/mol.